The fourth-order valence-corrected chi connectivity index (χ4v) is 3.07. The van der Waals surface area contributed by atoms with Crippen LogP contribution in [0.1, 0.15) is 42.3 Å². The summed E-state index contributed by atoms with van der Waals surface area (Å²) >= 11 is 0. The summed E-state index contributed by atoms with van der Waals surface area (Å²) in [5.41, 5.74) is 2.14. The third-order valence-corrected chi connectivity index (χ3v) is 4.53. The zero-order valence-corrected chi connectivity index (χ0v) is 13.7. The Balaban J connectivity index is 1.47. The molecule has 3 heterocycles. The van der Waals surface area contributed by atoms with Crippen LogP contribution in [0.25, 0.3) is 0 Å². The molecule has 5 nitrogen and oxygen atoms in total. The van der Waals surface area contributed by atoms with Crippen molar-refractivity contribution in [2.45, 2.75) is 45.1 Å². The van der Waals surface area contributed by atoms with Crippen molar-refractivity contribution < 1.29 is 4.74 Å². The summed E-state index contributed by atoms with van der Waals surface area (Å²) in [4.78, 5) is 15.8. The van der Waals surface area contributed by atoms with E-state index in [2.05, 4.69) is 27.9 Å². The smallest absolute Gasteiger partial charge is 0.134 e. The van der Waals surface area contributed by atoms with Crippen molar-refractivity contribution in [3.8, 4) is 5.75 Å². The summed E-state index contributed by atoms with van der Waals surface area (Å²) in [7, 11) is 0. The lowest BCUT2D eigenvalue weighted by molar-refractivity contribution is 0.223. The Morgan fingerprint density at radius 3 is 2.83 bits per heavy atom. The molecule has 1 unspecified atom stereocenters. The molecule has 0 N–H and O–H groups in total. The summed E-state index contributed by atoms with van der Waals surface area (Å²) in [6.45, 7) is 5.95. The highest BCUT2D eigenvalue weighted by Gasteiger charge is 2.30. The molecule has 2 aromatic rings. The topological polar surface area (TPSA) is 51.1 Å². The third-order valence-electron chi connectivity index (χ3n) is 4.53. The lowest BCUT2D eigenvalue weighted by atomic mass is 10.2. The summed E-state index contributed by atoms with van der Waals surface area (Å²) in [5, 5.41) is 0. The van der Waals surface area contributed by atoms with E-state index in [4.69, 9.17) is 9.72 Å². The van der Waals surface area contributed by atoms with Crippen LogP contribution in [-0.2, 0) is 0 Å². The molecule has 1 aliphatic heterocycles. The Morgan fingerprint density at radius 1 is 1.17 bits per heavy atom. The highest BCUT2D eigenvalue weighted by atomic mass is 16.5. The molecule has 0 spiro atoms. The fourth-order valence-electron chi connectivity index (χ4n) is 3.07. The minimum absolute atomic E-state index is 0.204. The Morgan fingerprint density at radius 2 is 2.04 bits per heavy atom. The predicted octanol–water partition coefficient (Wildman–Crippen LogP) is 3.02. The largest absolute Gasteiger partial charge is 0.488 e. The van der Waals surface area contributed by atoms with Crippen LogP contribution in [0.2, 0.25) is 0 Å². The van der Waals surface area contributed by atoms with E-state index < -0.39 is 0 Å². The highest BCUT2D eigenvalue weighted by molar-refractivity contribution is 5.42. The van der Waals surface area contributed by atoms with E-state index in [-0.39, 0.29) is 6.10 Å². The normalized spacial score (nSPS) is 20.8. The maximum Gasteiger partial charge on any atom is 0.134 e. The average Bonchev–Trinajstić information content (AvgIpc) is 3.29. The molecule has 1 saturated heterocycles. The Bertz CT molecular complexity index is 714. The maximum absolute atomic E-state index is 6.15. The number of anilines is 1. The van der Waals surface area contributed by atoms with Gasteiger partial charge in [0.25, 0.3) is 0 Å². The van der Waals surface area contributed by atoms with Gasteiger partial charge in [0.2, 0.25) is 0 Å². The first-order valence-electron chi connectivity index (χ1n) is 8.37. The van der Waals surface area contributed by atoms with E-state index in [0.29, 0.717) is 5.92 Å². The maximum atomic E-state index is 6.15. The number of aromatic nitrogens is 3. The molecule has 0 amide bonds. The van der Waals surface area contributed by atoms with Crippen LogP contribution in [0.3, 0.4) is 0 Å². The predicted molar refractivity (Wildman–Crippen MR) is 89.0 cm³/mol. The van der Waals surface area contributed by atoms with Gasteiger partial charge in [0.05, 0.1) is 6.54 Å². The lowest BCUT2D eigenvalue weighted by Gasteiger charge is -2.19. The minimum atomic E-state index is 0.204. The first-order valence-corrected chi connectivity index (χ1v) is 8.37. The van der Waals surface area contributed by atoms with Gasteiger partial charge in [-0.15, -0.1) is 0 Å². The van der Waals surface area contributed by atoms with Gasteiger partial charge in [-0.25, -0.2) is 9.97 Å². The van der Waals surface area contributed by atoms with Crippen molar-refractivity contribution in [1.29, 1.82) is 0 Å². The summed E-state index contributed by atoms with van der Waals surface area (Å²) < 4.78 is 6.15. The first kappa shape index (κ1) is 14.4. The number of ether oxygens (including phenoxy) is 1. The minimum Gasteiger partial charge on any atom is -0.488 e. The molecule has 0 aromatic carbocycles. The van der Waals surface area contributed by atoms with E-state index in [0.717, 1.165) is 48.2 Å². The molecular weight excluding hydrogens is 288 g/mol. The molecule has 1 aliphatic carbocycles. The second kappa shape index (κ2) is 5.80. The lowest BCUT2D eigenvalue weighted by Crippen LogP contribution is -2.26. The number of nitrogens with zero attached hydrogens (tertiary/aromatic N) is 4. The van der Waals surface area contributed by atoms with Crippen molar-refractivity contribution in [2.75, 3.05) is 18.0 Å². The van der Waals surface area contributed by atoms with E-state index >= 15 is 0 Å². The average molecular weight is 310 g/mol. The molecule has 120 valence electrons. The van der Waals surface area contributed by atoms with Crippen LogP contribution in [0.5, 0.6) is 5.75 Å². The van der Waals surface area contributed by atoms with Gasteiger partial charge in [0.1, 0.15) is 23.5 Å². The molecular formula is C18H22N4O. The van der Waals surface area contributed by atoms with E-state index in [1.54, 1.807) is 6.20 Å². The van der Waals surface area contributed by atoms with E-state index in [9.17, 15) is 0 Å². The van der Waals surface area contributed by atoms with Gasteiger partial charge >= 0.3 is 0 Å². The van der Waals surface area contributed by atoms with E-state index in [1.165, 1.54) is 12.8 Å². The molecule has 1 saturated carbocycles. The zero-order valence-electron chi connectivity index (χ0n) is 13.7. The Hall–Kier alpha value is -2.17. The molecule has 2 fully saturated rings. The van der Waals surface area contributed by atoms with Gasteiger partial charge in [0.15, 0.2) is 0 Å². The van der Waals surface area contributed by atoms with E-state index in [1.807, 2.05) is 19.2 Å². The molecule has 0 bridgehead atoms. The van der Waals surface area contributed by atoms with Crippen LogP contribution in [0.4, 0.5) is 5.82 Å². The van der Waals surface area contributed by atoms with Gasteiger partial charge in [-0.3, -0.25) is 4.98 Å². The van der Waals surface area contributed by atoms with Gasteiger partial charge in [-0.05, 0) is 32.8 Å². The second-order valence-corrected chi connectivity index (χ2v) is 6.62. The SMILES string of the molecule is Cc1cc(N2CCC(Oc3ccncc3C)C2)nc(C2CC2)n1. The number of pyridine rings is 1. The highest BCUT2D eigenvalue weighted by Crippen LogP contribution is 2.38. The molecule has 23 heavy (non-hydrogen) atoms. The molecule has 2 aromatic heterocycles. The van der Waals surface area contributed by atoms with Gasteiger partial charge < -0.3 is 9.64 Å². The molecule has 0 radical (unpaired) electrons. The van der Waals surface area contributed by atoms with Crippen molar-refractivity contribution in [1.82, 2.24) is 15.0 Å². The van der Waals surface area contributed by atoms with Crippen molar-refractivity contribution in [2.24, 2.45) is 0 Å². The number of hydrogen-bond donors (Lipinski definition) is 0. The molecule has 2 aliphatic rings. The fraction of sp³-hybridized carbons (Fsp3) is 0.500. The van der Waals surface area contributed by atoms with Crippen molar-refractivity contribution in [3.05, 3.63) is 41.6 Å². The van der Waals surface area contributed by atoms with Gasteiger partial charge in [0, 0.05) is 48.6 Å². The number of rotatable bonds is 4. The van der Waals surface area contributed by atoms with Crippen molar-refractivity contribution >= 4 is 5.82 Å². The Labute approximate surface area is 136 Å². The van der Waals surface area contributed by atoms with Crippen LogP contribution >= 0.6 is 0 Å². The number of aryl methyl sites for hydroxylation is 2. The summed E-state index contributed by atoms with van der Waals surface area (Å²) in [6.07, 6.45) is 7.31. The zero-order chi connectivity index (χ0) is 15.8. The Kier molecular flexibility index (Phi) is 3.63. The quantitative estimate of drug-likeness (QED) is 0.869. The summed E-state index contributed by atoms with van der Waals surface area (Å²) in [6, 6.07) is 4.03. The van der Waals surface area contributed by atoms with Crippen molar-refractivity contribution in [3.63, 3.8) is 0 Å². The first-order chi connectivity index (χ1) is 11.2. The van der Waals surface area contributed by atoms with Gasteiger partial charge in [-0.1, -0.05) is 0 Å². The molecule has 1 atom stereocenters. The second-order valence-electron chi connectivity index (χ2n) is 6.62. The molecule has 4 rings (SSSR count). The summed E-state index contributed by atoms with van der Waals surface area (Å²) in [5.74, 6) is 3.60. The van der Waals surface area contributed by atoms with Gasteiger partial charge in [-0.2, -0.15) is 0 Å². The number of hydrogen-bond acceptors (Lipinski definition) is 5. The standard InChI is InChI=1S/C18H22N4O/c1-12-10-19-7-5-16(12)23-15-6-8-22(11-15)17-9-13(2)20-18(21-17)14-3-4-14/h5,7,9-10,14-15H,3-4,6,8,11H2,1-2H3. The van der Waals surface area contributed by atoms with Crippen LogP contribution in [0.15, 0.2) is 24.5 Å². The monoisotopic (exact) mass is 310 g/mol. The van der Waals surface area contributed by atoms with Crippen LogP contribution in [-0.4, -0.2) is 34.1 Å². The molecule has 5 heteroatoms. The van der Waals surface area contributed by atoms with Crippen LogP contribution in [0, 0.1) is 13.8 Å². The third kappa shape index (κ3) is 3.14. The van der Waals surface area contributed by atoms with Crippen LogP contribution < -0.4 is 9.64 Å².